The number of allylic oxidation sites excluding steroid dienone is 1. The third-order valence-electron chi connectivity index (χ3n) is 7.71. The van der Waals surface area contributed by atoms with Gasteiger partial charge in [-0.1, -0.05) is 58.8 Å². The average Bonchev–Trinajstić information content (AvgIpc) is 3.53. The number of benzene rings is 3. The zero-order chi connectivity index (χ0) is 31.8. The van der Waals surface area contributed by atoms with Crippen LogP contribution >= 0.6 is 34.5 Å². The molecule has 45 heavy (non-hydrogen) atoms. The van der Waals surface area contributed by atoms with Crippen molar-refractivity contribution >= 4 is 57.5 Å². The van der Waals surface area contributed by atoms with E-state index in [4.69, 9.17) is 42.4 Å². The van der Waals surface area contributed by atoms with Crippen LogP contribution in [0.4, 0.5) is 0 Å². The van der Waals surface area contributed by atoms with Gasteiger partial charge in [0.25, 0.3) is 5.56 Å². The molecule has 0 N–H and O–H groups in total. The SMILES string of the molecule is CCOC(=O)C1=C(C)N=c2s/c(=C\c3cn(Cc4ccc(Cl)cc4Cl)c4ccccc34)c(=O)n2[C@@H]1c1ccc(OC)cc1OC. The van der Waals surface area contributed by atoms with E-state index in [-0.39, 0.29) is 17.7 Å². The summed E-state index contributed by atoms with van der Waals surface area (Å²) in [4.78, 5) is 32.8. The van der Waals surface area contributed by atoms with Gasteiger partial charge in [-0.05, 0) is 55.8 Å². The minimum atomic E-state index is -0.823. The first-order chi connectivity index (χ1) is 21.7. The molecule has 0 unspecified atom stereocenters. The Labute approximate surface area is 273 Å². The fraction of sp³-hybridized carbons (Fsp3) is 0.206. The Bertz CT molecular complexity index is 2180. The minimum Gasteiger partial charge on any atom is -0.497 e. The molecule has 5 aromatic rings. The zero-order valence-electron chi connectivity index (χ0n) is 25.0. The second kappa shape index (κ2) is 12.6. The Morgan fingerprint density at radius 2 is 1.87 bits per heavy atom. The lowest BCUT2D eigenvalue weighted by molar-refractivity contribution is -0.139. The molecule has 3 aromatic carbocycles. The standard InChI is InChI=1S/C34H29Cl2N3O5S/c1-5-44-33(41)30-19(2)37-34-39(31(30)25-13-12-23(42-3)16-28(25)43-4)32(40)29(45-34)14-21-18-38(27-9-7-6-8-24(21)27)17-20-10-11-22(35)15-26(20)36/h6-16,18,31H,5,17H2,1-4H3/b29-14-/t31-/m1/s1. The molecule has 0 bridgehead atoms. The summed E-state index contributed by atoms with van der Waals surface area (Å²) in [7, 11) is 3.10. The molecular weight excluding hydrogens is 633 g/mol. The normalized spacial score (nSPS) is 14.8. The quantitative estimate of drug-likeness (QED) is 0.187. The van der Waals surface area contributed by atoms with E-state index in [0.29, 0.717) is 48.7 Å². The van der Waals surface area contributed by atoms with Crippen molar-refractivity contribution in [2.24, 2.45) is 4.99 Å². The summed E-state index contributed by atoms with van der Waals surface area (Å²) in [5, 5.41) is 2.13. The summed E-state index contributed by atoms with van der Waals surface area (Å²) in [6, 6.07) is 17.9. The predicted octanol–water partition coefficient (Wildman–Crippen LogP) is 6.13. The number of hydrogen-bond donors (Lipinski definition) is 0. The molecule has 0 aliphatic carbocycles. The van der Waals surface area contributed by atoms with Crippen LogP contribution in [0.3, 0.4) is 0 Å². The Balaban J connectivity index is 1.53. The highest BCUT2D eigenvalue weighted by Crippen LogP contribution is 2.37. The first kappa shape index (κ1) is 30.7. The number of ether oxygens (including phenoxy) is 3. The molecule has 2 aromatic heterocycles. The van der Waals surface area contributed by atoms with Gasteiger partial charge in [-0.2, -0.15) is 0 Å². The number of nitrogens with zero attached hydrogens (tertiary/aromatic N) is 3. The van der Waals surface area contributed by atoms with Crippen LogP contribution in [0.5, 0.6) is 11.5 Å². The maximum atomic E-state index is 14.3. The van der Waals surface area contributed by atoms with Gasteiger partial charge in [0, 0.05) is 50.9 Å². The van der Waals surface area contributed by atoms with Gasteiger partial charge >= 0.3 is 5.97 Å². The van der Waals surface area contributed by atoms with E-state index in [1.807, 2.05) is 48.7 Å². The van der Waals surface area contributed by atoms with Crippen molar-refractivity contribution in [3.05, 3.63) is 125 Å². The van der Waals surface area contributed by atoms with Gasteiger partial charge in [-0.25, -0.2) is 9.79 Å². The molecule has 3 heterocycles. The van der Waals surface area contributed by atoms with Crippen LogP contribution in [-0.4, -0.2) is 35.9 Å². The lowest BCUT2D eigenvalue weighted by atomic mass is 9.95. The minimum absolute atomic E-state index is 0.178. The van der Waals surface area contributed by atoms with Crippen LogP contribution in [-0.2, 0) is 16.1 Å². The van der Waals surface area contributed by atoms with E-state index in [9.17, 15) is 9.59 Å². The maximum absolute atomic E-state index is 14.3. The monoisotopic (exact) mass is 661 g/mol. The number of aromatic nitrogens is 2. The van der Waals surface area contributed by atoms with E-state index in [1.54, 1.807) is 49.8 Å². The van der Waals surface area contributed by atoms with Gasteiger partial charge in [-0.15, -0.1) is 0 Å². The fourth-order valence-corrected chi connectivity index (χ4v) is 7.13. The number of carbonyl (C=O) groups excluding carboxylic acids is 1. The van der Waals surface area contributed by atoms with Gasteiger partial charge in [0.2, 0.25) is 0 Å². The van der Waals surface area contributed by atoms with Crippen molar-refractivity contribution < 1.29 is 19.0 Å². The van der Waals surface area contributed by atoms with Gasteiger partial charge < -0.3 is 18.8 Å². The molecule has 1 atom stereocenters. The summed E-state index contributed by atoms with van der Waals surface area (Å²) in [6.45, 7) is 4.19. The van der Waals surface area contributed by atoms with Crippen LogP contribution in [0.15, 0.2) is 87.9 Å². The molecule has 6 rings (SSSR count). The van der Waals surface area contributed by atoms with Crippen LogP contribution in [0.1, 0.15) is 36.6 Å². The van der Waals surface area contributed by atoms with E-state index < -0.39 is 12.0 Å². The third kappa shape index (κ3) is 5.67. The molecule has 0 fully saturated rings. The van der Waals surface area contributed by atoms with Gasteiger partial charge in [0.05, 0.1) is 36.6 Å². The third-order valence-corrected chi connectivity index (χ3v) is 9.28. The highest BCUT2D eigenvalue weighted by molar-refractivity contribution is 7.07. The predicted molar refractivity (Wildman–Crippen MR) is 177 cm³/mol. The van der Waals surface area contributed by atoms with Gasteiger partial charge in [0.1, 0.15) is 17.5 Å². The summed E-state index contributed by atoms with van der Waals surface area (Å²) in [5.74, 6) is 0.506. The van der Waals surface area contributed by atoms with Gasteiger partial charge in [0.15, 0.2) is 4.80 Å². The van der Waals surface area contributed by atoms with Crippen LogP contribution in [0.2, 0.25) is 10.0 Å². The maximum Gasteiger partial charge on any atom is 0.338 e. The number of halogens is 2. The van der Waals surface area contributed by atoms with Crippen molar-refractivity contribution in [3.8, 4) is 11.5 Å². The van der Waals surface area contributed by atoms with Crippen LogP contribution < -0.4 is 24.4 Å². The molecule has 11 heteroatoms. The number of fused-ring (bicyclic) bond motifs is 2. The summed E-state index contributed by atoms with van der Waals surface area (Å²) < 4.78 is 20.7. The van der Waals surface area contributed by atoms with Gasteiger partial charge in [-0.3, -0.25) is 9.36 Å². The van der Waals surface area contributed by atoms with Crippen LogP contribution in [0, 0.1) is 0 Å². The lowest BCUT2D eigenvalue weighted by Gasteiger charge is -2.26. The number of carbonyl (C=O) groups is 1. The molecule has 1 aliphatic rings. The summed E-state index contributed by atoms with van der Waals surface area (Å²) in [5.41, 5.74) is 3.84. The van der Waals surface area contributed by atoms with Crippen molar-refractivity contribution in [1.29, 1.82) is 0 Å². The number of hydrogen-bond acceptors (Lipinski definition) is 7. The number of esters is 1. The molecule has 8 nitrogen and oxygen atoms in total. The number of methoxy groups -OCH3 is 2. The second-order valence-corrected chi connectivity index (χ2v) is 12.2. The molecule has 0 saturated heterocycles. The van der Waals surface area contributed by atoms with Crippen molar-refractivity contribution in [2.45, 2.75) is 26.4 Å². The average molecular weight is 663 g/mol. The van der Waals surface area contributed by atoms with Crippen molar-refractivity contribution in [1.82, 2.24) is 9.13 Å². The van der Waals surface area contributed by atoms with E-state index in [1.165, 1.54) is 18.4 Å². The smallest absolute Gasteiger partial charge is 0.338 e. The first-order valence-electron chi connectivity index (χ1n) is 14.2. The second-order valence-electron chi connectivity index (χ2n) is 10.4. The van der Waals surface area contributed by atoms with E-state index >= 15 is 0 Å². The van der Waals surface area contributed by atoms with Crippen LogP contribution in [0.25, 0.3) is 17.0 Å². The summed E-state index contributed by atoms with van der Waals surface area (Å²) >= 11 is 13.9. The summed E-state index contributed by atoms with van der Waals surface area (Å²) in [6.07, 6.45) is 3.88. The topological polar surface area (TPSA) is 84.1 Å². The molecule has 0 saturated carbocycles. The van der Waals surface area contributed by atoms with Crippen molar-refractivity contribution in [2.75, 3.05) is 20.8 Å². The first-order valence-corrected chi connectivity index (χ1v) is 15.7. The number of para-hydroxylation sites is 1. The Morgan fingerprint density at radius 1 is 1.07 bits per heavy atom. The highest BCUT2D eigenvalue weighted by Gasteiger charge is 2.35. The Morgan fingerprint density at radius 3 is 2.60 bits per heavy atom. The highest BCUT2D eigenvalue weighted by atomic mass is 35.5. The Hall–Kier alpha value is -4.31. The number of thiazole rings is 1. The fourth-order valence-electron chi connectivity index (χ4n) is 5.63. The molecule has 0 spiro atoms. The molecule has 1 aliphatic heterocycles. The largest absolute Gasteiger partial charge is 0.497 e. The molecule has 230 valence electrons. The molecular formula is C34H29Cl2N3O5S. The molecule has 0 amide bonds. The number of rotatable bonds is 8. The lowest BCUT2D eigenvalue weighted by Crippen LogP contribution is -2.40. The molecule has 0 radical (unpaired) electrons. The zero-order valence-corrected chi connectivity index (χ0v) is 27.3. The Kier molecular flexibility index (Phi) is 8.59. The van der Waals surface area contributed by atoms with Crippen molar-refractivity contribution in [3.63, 3.8) is 0 Å². The van der Waals surface area contributed by atoms with E-state index in [2.05, 4.69) is 4.57 Å². The van der Waals surface area contributed by atoms with E-state index in [0.717, 1.165) is 22.0 Å².